The summed E-state index contributed by atoms with van der Waals surface area (Å²) in [6, 6.07) is 30.4. The molecule has 0 aliphatic carbocycles. The zero-order valence-electron chi connectivity index (χ0n) is 20.1. The molecule has 6 rings (SSSR count). The SMILES string of the molecule is NC1=NC(c2ccccc2)(c2ccccc2)C(=O)N1Cc1cc(C(=O)N2Cc3ccccc3C2)ccn1. The van der Waals surface area contributed by atoms with Gasteiger partial charge in [0.05, 0.1) is 12.2 Å². The van der Waals surface area contributed by atoms with Crippen LogP contribution in [0.25, 0.3) is 0 Å². The summed E-state index contributed by atoms with van der Waals surface area (Å²) < 4.78 is 0. The van der Waals surface area contributed by atoms with Gasteiger partial charge in [-0.1, -0.05) is 84.9 Å². The van der Waals surface area contributed by atoms with Gasteiger partial charge < -0.3 is 10.6 Å². The van der Waals surface area contributed by atoms with Gasteiger partial charge >= 0.3 is 0 Å². The molecule has 0 fully saturated rings. The van der Waals surface area contributed by atoms with E-state index in [1.807, 2.05) is 89.8 Å². The van der Waals surface area contributed by atoms with Gasteiger partial charge in [-0.05, 0) is 34.4 Å². The molecule has 1 aromatic heterocycles. The van der Waals surface area contributed by atoms with E-state index in [1.54, 1.807) is 18.3 Å². The molecule has 7 nitrogen and oxygen atoms in total. The van der Waals surface area contributed by atoms with Crippen LogP contribution >= 0.6 is 0 Å². The molecule has 0 saturated heterocycles. The molecule has 4 aromatic rings. The van der Waals surface area contributed by atoms with Crippen LogP contribution in [-0.4, -0.2) is 32.6 Å². The van der Waals surface area contributed by atoms with Crippen LogP contribution in [0.1, 0.15) is 38.3 Å². The quantitative estimate of drug-likeness (QED) is 0.463. The molecule has 2 aliphatic rings. The maximum atomic E-state index is 14.0. The molecule has 0 radical (unpaired) electrons. The Balaban J connectivity index is 1.28. The van der Waals surface area contributed by atoms with Crippen molar-refractivity contribution in [2.45, 2.75) is 25.2 Å². The molecule has 0 unspecified atom stereocenters. The highest BCUT2D eigenvalue weighted by molar-refractivity contribution is 6.09. The predicted octanol–water partition coefficient (Wildman–Crippen LogP) is 3.84. The van der Waals surface area contributed by atoms with E-state index in [0.29, 0.717) is 24.3 Å². The molecule has 2 amide bonds. The molecule has 3 heterocycles. The minimum absolute atomic E-state index is 0.0721. The highest BCUT2D eigenvalue weighted by atomic mass is 16.2. The molecule has 37 heavy (non-hydrogen) atoms. The lowest BCUT2D eigenvalue weighted by Crippen LogP contribution is -2.43. The fourth-order valence-corrected chi connectivity index (χ4v) is 5.15. The summed E-state index contributed by atoms with van der Waals surface area (Å²) in [5, 5.41) is 0. The molecule has 0 bridgehead atoms. The number of amides is 2. The number of nitrogens with zero attached hydrogens (tertiary/aromatic N) is 4. The van der Waals surface area contributed by atoms with Crippen LogP contribution in [0.3, 0.4) is 0 Å². The zero-order chi connectivity index (χ0) is 25.4. The van der Waals surface area contributed by atoms with Gasteiger partial charge in [0, 0.05) is 24.8 Å². The lowest BCUT2D eigenvalue weighted by molar-refractivity contribution is -0.130. The van der Waals surface area contributed by atoms with Gasteiger partial charge in [-0.2, -0.15) is 0 Å². The van der Waals surface area contributed by atoms with Crippen molar-refractivity contribution in [3.63, 3.8) is 0 Å². The summed E-state index contributed by atoms with van der Waals surface area (Å²) in [7, 11) is 0. The third kappa shape index (κ3) is 3.85. The number of hydrogen-bond acceptors (Lipinski definition) is 5. The second kappa shape index (κ2) is 9.02. The van der Waals surface area contributed by atoms with Crippen LogP contribution < -0.4 is 5.73 Å². The lowest BCUT2D eigenvalue weighted by atomic mass is 9.83. The normalized spacial score (nSPS) is 16.0. The number of aliphatic imine (C=N–C) groups is 1. The van der Waals surface area contributed by atoms with Crippen LogP contribution in [0.2, 0.25) is 0 Å². The fourth-order valence-electron chi connectivity index (χ4n) is 5.15. The van der Waals surface area contributed by atoms with E-state index >= 15 is 0 Å². The first kappa shape index (κ1) is 22.7. The summed E-state index contributed by atoms with van der Waals surface area (Å²) in [5.41, 5.74) is 9.98. The van der Waals surface area contributed by atoms with Crippen molar-refractivity contribution in [1.82, 2.24) is 14.8 Å². The van der Waals surface area contributed by atoms with E-state index in [0.717, 1.165) is 22.3 Å². The Hall–Kier alpha value is -4.78. The molecule has 182 valence electrons. The van der Waals surface area contributed by atoms with E-state index in [9.17, 15) is 9.59 Å². The van der Waals surface area contributed by atoms with Crippen LogP contribution in [0, 0.1) is 0 Å². The Labute approximate surface area is 214 Å². The number of hydrogen-bond donors (Lipinski definition) is 1. The molecule has 0 spiro atoms. The number of rotatable bonds is 5. The largest absolute Gasteiger partial charge is 0.369 e. The molecule has 3 aromatic carbocycles. The van der Waals surface area contributed by atoms with E-state index in [-0.39, 0.29) is 24.3 Å². The smallest absolute Gasteiger partial charge is 0.266 e. The van der Waals surface area contributed by atoms with Gasteiger partial charge in [0.1, 0.15) is 0 Å². The number of pyridine rings is 1. The summed E-state index contributed by atoms with van der Waals surface area (Å²) in [6.45, 7) is 1.26. The molecule has 0 saturated carbocycles. The van der Waals surface area contributed by atoms with E-state index in [4.69, 9.17) is 10.7 Å². The Morgan fingerprint density at radius 2 is 1.41 bits per heavy atom. The third-order valence-corrected chi connectivity index (χ3v) is 7.01. The second-order valence-corrected chi connectivity index (χ2v) is 9.27. The average molecular weight is 488 g/mol. The van der Waals surface area contributed by atoms with Crippen molar-refractivity contribution in [3.05, 3.63) is 137 Å². The maximum Gasteiger partial charge on any atom is 0.266 e. The van der Waals surface area contributed by atoms with E-state index < -0.39 is 5.54 Å². The molecule has 2 N–H and O–H groups in total. The van der Waals surface area contributed by atoms with Crippen molar-refractivity contribution in [1.29, 1.82) is 0 Å². The number of benzene rings is 3. The second-order valence-electron chi connectivity index (χ2n) is 9.27. The minimum Gasteiger partial charge on any atom is -0.369 e. The number of guanidine groups is 1. The first-order valence-electron chi connectivity index (χ1n) is 12.2. The van der Waals surface area contributed by atoms with Gasteiger partial charge in [-0.25, -0.2) is 4.99 Å². The van der Waals surface area contributed by atoms with Crippen molar-refractivity contribution >= 4 is 17.8 Å². The molecule has 7 heteroatoms. The van der Waals surface area contributed by atoms with Crippen LogP contribution in [0.4, 0.5) is 0 Å². The molecular weight excluding hydrogens is 462 g/mol. The molecular formula is C30H25N5O2. The lowest BCUT2D eigenvalue weighted by Gasteiger charge is -2.27. The number of fused-ring (bicyclic) bond motifs is 1. The zero-order valence-corrected chi connectivity index (χ0v) is 20.1. The highest BCUT2D eigenvalue weighted by Gasteiger charge is 2.50. The number of aromatic nitrogens is 1. The van der Waals surface area contributed by atoms with Crippen molar-refractivity contribution in [3.8, 4) is 0 Å². The Bertz CT molecular complexity index is 1450. The van der Waals surface area contributed by atoms with Gasteiger partial charge in [0.15, 0.2) is 11.5 Å². The van der Waals surface area contributed by atoms with Gasteiger partial charge in [-0.3, -0.25) is 19.5 Å². The average Bonchev–Trinajstić information content (AvgIpc) is 3.49. The summed E-state index contributed by atoms with van der Waals surface area (Å²) >= 11 is 0. The third-order valence-electron chi connectivity index (χ3n) is 7.01. The number of carbonyl (C=O) groups excluding carboxylic acids is 2. The van der Waals surface area contributed by atoms with Crippen molar-refractivity contribution < 1.29 is 9.59 Å². The van der Waals surface area contributed by atoms with Crippen LogP contribution in [0.15, 0.2) is 108 Å². The molecule has 2 aliphatic heterocycles. The monoisotopic (exact) mass is 487 g/mol. The topological polar surface area (TPSA) is 91.9 Å². The predicted molar refractivity (Wildman–Crippen MR) is 140 cm³/mol. The number of carbonyl (C=O) groups is 2. The first-order valence-corrected chi connectivity index (χ1v) is 12.2. The summed E-state index contributed by atoms with van der Waals surface area (Å²) in [5.74, 6) is -0.209. The van der Waals surface area contributed by atoms with Crippen molar-refractivity contribution in [2.24, 2.45) is 10.7 Å². The maximum absolute atomic E-state index is 14.0. The van der Waals surface area contributed by atoms with Crippen molar-refractivity contribution in [2.75, 3.05) is 0 Å². The Morgan fingerprint density at radius 3 is 2.00 bits per heavy atom. The van der Waals surface area contributed by atoms with Crippen LogP contribution in [-0.2, 0) is 30.0 Å². The Morgan fingerprint density at radius 1 is 0.838 bits per heavy atom. The fraction of sp³-hybridized carbons (Fsp3) is 0.133. The van der Waals surface area contributed by atoms with Crippen LogP contribution in [0.5, 0.6) is 0 Å². The van der Waals surface area contributed by atoms with E-state index in [1.165, 1.54) is 4.90 Å². The summed E-state index contributed by atoms with van der Waals surface area (Å²) in [4.78, 5) is 39.7. The number of nitrogens with two attached hydrogens (primary N) is 1. The van der Waals surface area contributed by atoms with Gasteiger partial charge in [0.2, 0.25) is 0 Å². The summed E-state index contributed by atoms with van der Waals surface area (Å²) in [6.07, 6.45) is 1.60. The first-order chi connectivity index (χ1) is 18.1. The standard InChI is InChI=1S/C30H25N5O2/c31-29-33-30(24-11-3-1-4-12-24,25-13-5-2-6-14-25)28(37)35(29)20-26-17-21(15-16-32-26)27(36)34-18-22-9-7-8-10-23(22)19-34/h1-17H,18-20H2,(H2,31,33). The molecule has 0 atom stereocenters. The van der Waals surface area contributed by atoms with Gasteiger partial charge in [-0.15, -0.1) is 0 Å². The van der Waals surface area contributed by atoms with E-state index in [2.05, 4.69) is 4.98 Å². The van der Waals surface area contributed by atoms with Gasteiger partial charge in [0.25, 0.3) is 11.8 Å². The Kier molecular flexibility index (Phi) is 5.53. The minimum atomic E-state index is -1.28. The highest BCUT2D eigenvalue weighted by Crippen LogP contribution is 2.39.